The Kier molecular flexibility index (Phi) is 10.4. The van der Waals surface area contributed by atoms with Crippen LogP contribution in [-0.2, 0) is 16.1 Å². The molecule has 0 bridgehead atoms. The molecule has 0 saturated carbocycles. The second kappa shape index (κ2) is 13.9. The van der Waals surface area contributed by atoms with Crippen LogP contribution in [0.3, 0.4) is 0 Å². The number of carboxylic acid groups (broad SMARTS) is 2. The molecule has 0 fully saturated rings. The van der Waals surface area contributed by atoms with Crippen molar-refractivity contribution in [3.8, 4) is 17.0 Å². The molecule has 9 nitrogen and oxygen atoms in total. The molecule has 2 heterocycles. The molecule has 0 atom stereocenters. The Balaban J connectivity index is 0.000000436. The fraction of sp³-hybridized carbons (Fsp3) is 0.214. The van der Waals surface area contributed by atoms with Crippen LogP contribution in [0.1, 0.15) is 12.0 Å². The van der Waals surface area contributed by atoms with Gasteiger partial charge in [-0.25, -0.2) is 19.3 Å². The van der Waals surface area contributed by atoms with Crippen LogP contribution in [0.2, 0.25) is 5.02 Å². The van der Waals surface area contributed by atoms with Crippen LogP contribution in [-0.4, -0.2) is 69.1 Å². The summed E-state index contributed by atoms with van der Waals surface area (Å²) in [4.78, 5) is 25.8. The van der Waals surface area contributed by atoms with Gasteiger partial charge in [0.25, 0.3) is 0 Å². The van der Waals surface area contributed by atoms with Gasteiger partial charge in [0.2, 0.25) is 0 Å². The molecule has 10 heteroatoms. The predicted molar refractivity (Wildman–Crippen MR) is 147 cm³/mol. The average molecular weight is 537 g/mol. The lowest BCUT2D eigenvalue weighted by molar-refractivity contribution is -0.134. The largest absolute Gasteiger partial charge is 0.494 e. The zero-order chi connectivity index (χ0) is 27.5. The van der Waals surface area contributed by atoms with Gasteiger partial charge in [-0.3, -0.25) is 0 Å². The number of benzene rings is 2. The third-order valence-corrected chi connectivity index (χ3v) is 5.52. The average Bonchev–Trinajstić information content (AvgIpc) is 3.26. The Morgan fingerprint density at radius 3 is 2.26 bits per heavy atom. The van der Waals surface area contributed by atoms with Gasteiger partial charge < -0.3 is 19.8 Å². The minimum absolute atomic E-state index is 0.558. The highest BCUT2D eigenvalue weighted by molar-refractivity contribution is 6.30. The van der Waals surface area contributed by atoms with Gasteiger partial charge in [-0.15, -0.1) is 0 Å². The second-order valence-electron chi connectivity index (χ2n) is 8.55. The molecule has 4 rings (SSSR count). The van der Waals surface area contributed by atoms with E-state index in [9.17, 15) is 9.59 Å². The second-order valence-corrected chi connectivity index (χ2v) is 8.98. The highest BCUT2D eigenvalue weighted by atomic mass is 35.5. The lowest BCUT2D eigenvalue weighted by atomic mass is 10.1. The van der Waals surface area contributed by atoms with Crippen molar-refractivity contribution in [3.63, 3.8) is 0 Å². The van der Waals surface area contributed by atoms with Gasteiger partial charge in [-0.05, 0) is 74.6 Å². The van der Waals surface area contributed by atoms with E-state index in [-0.39, 0.29) is 0 Å². The summed E-state index contributed by atoms with van der Waals surface area (Å²) in [7, 11) is 4.14. The number of hydrogen-bond donors (Lipinski definition) is 2. The molecule has 4 aromatic rings. The third-order valence-electron chi connectivity index (χ3n) is 5.27. The van der Waals surface area contributed by atoms with Gasteiger partial charge in [0, 0.05) is 40.9 Å². The number of nitrogens with zero attached hydrogens (tertiary/aromatic N) is 4. The van der Waals surface area contributed by atoms with E-state index < -0.39 is 11.9 Å². The van der Waals surface area contributed by atoms with E-state index in [1.807, 2.05) is 47.1 Å². The lowest BCUT2D eigenvalue weighted by Crippen LogP contribution is -2.15. The van der Waals surface area contributed by atoms with Crippen molar-refractivity contribution in [1.82, 2.24) is 19.7 Å². The first-order chi connectivity index (χ1) is 18.2. The van der Waals surface area contributed by atoms with Gasteiger partial charge in [-0.2, -0.15) is 5.10 Å². The fourth-order valence-corrected chi connectivity index (χ4v) is 3.64. The molecular weight excluding hydrogens is 508 g/mol. The summed E-state index contributed by atoms with van der Waals surface area (Å²) in [6.45, 7) is 2.36. The molecular formula is C28H29ClN4O5. The van der Waals surface area contributed by atoms with E-state index in [0.29, 0.717) is 25.3 Å². The quantitative estimate of drug-likeness (QED) is 0.218. The summed E-state index contributed by atoms with van der Waals surface area (Å²) in [5.74, 6) is -1.64. The van der Waals surface area contributed by atoms with Crippen molar-refractivity contribution in [2.75, 3.05) is 27.2 Å². The highest BCUT2D eigenvalue weighted by Crippen LogP contribution is 2.29. The lowest BCUT2D eigenvalue weighted by Gasteiger charge is -2.10. The zero-order valence-electron chi connectivity index (χ0n) is 21.1. The normalized spacial score (nSPS) is 10.9. The van der Waals surface area contributed by atoms with E-state index in [1.165, 1.54) is 0 Å². The molecule has 2 aromatic heterocycles. The first-order valence-corrected chi connectivity index (χ1v) is 12.2. The van der Waals surface area contributed by atoms with Crippen LogP contribution in [0.15, 0.2) is 79.0 Å². The van der Waals surface area contributed by atoms with Crippen molar-refractivity contribution in [1.29, 1.82) is 0 Å². The molecule has 0 amide bonds. The van der Waals surface area contributed by atoms with E-state index in [1.54, 1.807) is 6.20 Å². The Bertz CT molecular complexity index is 1370. The van der Waals surface area contributed by atoms with Crippen LogP contribution in [0.5, 0.6) is 5.75 Å². The third kappa shape index (κ3) is 8.72. The summed E-state index contributed by atoms with van der Waals surface area (Å²) in [6, 6.07) is 20.0. The van der Waals surface area contributed by atoms with Gasteiger partial charge in [0.05, 0.1) is 13.2 Å². The summed E-state index contributed by atoms with van der Waals surface area (Å²) in [6.07, 6.45) is 3.92. The van der Waals surface area contributed by atoms with Gasteiger partial charge >= 0.3 is 11.9 Å². The SMILES string of the molecule is CN(C)CCCOc1ccc(-c2nn(Cc3ccc(Cl)cc3)c3ncccc23)cc1.O=C(O)C=CC(=O)O. The first kappa shape index (κ1) is 28.4. The summed E-state index contributed by atoms with van der Waals surface area (Å²) >= 11 is 6.01. The number of aromatic nitrogens is 3. The minimum atomic E-state index is -1.26. The molecule has 2 N–H and O–H groups in total. The predicted octanol–water partition coefficient (Wildman–Crippen LogP) is 4.84. The van der Waals surface area contributed by atoms with Crippen molar-refractivity contribution in [2.24, 2.45) is 0 Å². The number of fused-ring (bicyclic) bond motifs is 1. The molecule has 198 valence electrons. The van der Waals surface area contributed by atoms with Gasteiger partial charge in [0.15, 0.2) is 5.65 Å². The molecule has 0 radical (unpaired) electrons. The fourth-order valence-electron chi connectivity index (χ4n) is 3.52. The Morgan fingerprint density at radius 2 is 1.66 bits per heavy atom. The van der Waals surface area contributed by atoms with Crippen LogP contribution in [0.4, 0.5) is 0 Å². The van der Waals surface area contributed by atoms with Gasteiger partial charge in [-0.1, -0.05) is 23.7 Å². The van der Waals surface area contributed by atoms with E-state index in [2.05, 4.69) is 42.2 Å². The van der Waals surface area contributed by atoms with E-state index in [0.717, 1.165) is 51.6 Å². The van der Waals surface area contributed by atoms with Gasteiger partial charge in [0.1, 0.15) is 11.4 Å². The summed E-state index contributed by atoms with van der Waals surface area (Å²) < 4.78 is 7.80. The smallest absolute Gasteiger partial charge is 0.328 e. The Labute approximate surface area is 225 Å². The van der Waals surface area contributed by atoms with E-state index in [4.69, 9.17) is 31.6 Å². The minimum Gasteiger partial charge on any atom is -0.494 e. The maximum absolute atomic E-state index is 9.55. The molecule has 0 aliphatic rings. The number of carbonyl (C=O) groups is 2. The summed E-state index contributed by atoms with van der Waals surface area (Å²) in [5.41, 5.74) is 3.96. The molecule has 0 spiro atoms. The number of halogens is 1. The monoisotopic (exact) mass is 536 g/mol. The zero-order valence-corrected chi connectivity index (χ0v) is 21.9. The maximum atomic E-state index is 9.55. The standard InChI is InChI=1S/C24H25ClN4O.C4H4O4/c1-28(2)15-4-16-30-21-12-8-19(9-13-21)23-22-5-3-14-26-24(22)29(27-23)17-18-6-10-20(25)11-7-18;5-3(6)1-2-4(7)8/h3,5-14H,4,15-17H2,1-2H3;1-2H,(H,5,6)(H,7,8). The number of carboxylic acids is 2. The van der Waals surface area contributed by atoms with Crippen LogP contribution in [0.25, 0.3) is 22.3 Å². The van der Waals surface area contributed by atoms with Crippen molar-refractivity contribution < 1.29 is 24.5 Å². The number of aliphatic carboxylic acids is 2. The Morgan fingerprint density at radius 1 is 1.00 bits per heavy atom. The molecule has 38 heavy (non-hydrogen) atoms. The molecule has 0 saturated heterocycles. The molecule has 0 aliphatic heterocycles. The maximum Gasteiger partial charge on any atom is 0.328 e. The van der Waals surface area contributed by atoms with Crippen molar-refractivity contribution in [2.45, 2.75) is 13.0 Å². The van der Waals surface area contributed by atoms with Crippen molar-refractivity contribution >= 4 is 34.6 Å². The topological polar surface area (TPSA) is 118 Å². The summed E-state index contributed by atoms with van der Waals surface area (Å²) in [5, 5.41) is 22.3. The van der Waals surface area contributed by atoms with Crippen LogP contribution in [0, 0.1) is 0 Å². The Hall–Kier alpha value is -4.21. The van der Waals surface area contributed by atoms with E-state index >= 15 is 0 Å². The first-order valence-electron chi connectivity index (χ1n) is 11.8. The molecule has 0 unspecified atom stereocenters. The molecule has 0 aliphatic carbocycles. The van der Waals surface area contributed by atoms with Crippen LogP contribution >= 0.6 is 11.6 Å². The number of hydrogen-bond acceptors (Lipinski definition) is 6. The van der Waals surface area contributed by atoms with Crippen LogP contribution < -0.4 is 4.74 Å². The van der Waals surface area contributed by atoms with Crippen molar-refractivity contribution in [3.05, 3.63) is 89.6 Å². The number of pyridine rings is 1. The number of ether oxygens (including phenoxy) is 1. The highest BCUT2D eigenvalue weighted by Gasteiger charge is 2.13. The number of rotatable bonds is 10. The molecule has 2 aromatic carbocycles.